The lowest BCUT2D eigenvalue weighted by molar-refractivity contribution is 0.414. The van der Waals surface area contributed by atoms with Crippen LogP contribution >= 0.6 is 0 Å². The zero-order chi connectivity index (χ0) is 12.3. The molecule has 0 aromatic carbocycles. The second kappa shape index (κ2) is 5.45. The van der Waals surface area contributed by atoms with Crippen LogP contribution in [-0.2, 0) is 0 Å². The lowest BCUT2D eigenvalue weighted by Crippen LogP contribution is -2.24. The molecule has 0 bridgehead atoms. The molecule has 0 spiro atoms. The topological polar surface area (TPSA) is 63.8 Å². The van der Waals surface area contributed by atoms with Gasteiger partial charge in [-0.1, -0.05) is 6.42 Å². The predicted octanol–water partition coefficient (Wildman–Crippen LogP) is 1.88. The number of hydrogen-bond acceptors (Lipinski definition) is 4. The van der Waals surface area contributed by atoms with E-state index < -0.39 is 0 Å². The molecule has 0 aliphatic heterocycles. The van der Waals surface area contributed by atoms with Gasteiger partial charge >= 0.3 is 0 Å². The van der Waals surface area contributed by atoms with Crippen LogP contribution < -0.4 is 11.1 Å². The number of aromatic nitrogens is 2. The molecule has 0 radical (unpaired) electrons. The quantitative estimate of drug-likeness (QED) is 0.835. The molecule has 1 aromatic rings. The Kier molecular flexibility index (Phi) is 3.94. The number of rotatable bonds is 4. The van der Waals surface area contributed by atoms with Gasteiger partial charge in [0.25, 0.3) is 0 Å². The summed E-state index contributed by atoms with van der Waals surface area (Å²) in [7, 11) is 0. The molecule has 4 nitrogen and oxygen atoms in total. The third kappa shape index (κ3) is 2.94. The van der Waals surface area contributed by atoms with Crippen LogP contribution in [-0.4, -0.2) is 23.1 Å². The van der Waals surface area contributed by atoms with E-state index in [0.717, 1.165) is 30.3 Å². The van der Waals surface area contributed by atoms with Crippen molar-refractivity contribution in [3.63, 3.8) is 0 Å². The molecule has 0 amide bonds. The first-order valence-corrected chi connectivity index (χ1v) is 6.45. The Balaban J connectivity index is 1.91. The van der Waals surface area contributed by atoms with E-state index in [1.165, 1.54) is 19.3 Å². The van der Waals surface area contributed by atoms with Gasteiger partial charge in [-0.2, -0.15) is 0 Å². The van der Waals surface area contributed by atoms with Crippen LogP contribution in [0.1, 0.15) is 30.7 Å². The van der Waals surface area contributed by atoms with Crippen LogP contribution in [0.5, 0.6) is 0 Å². The van der Waals surface area contributed by atoms with E-state index in [2.05, 4.69) is 15.3 Å². The average molecular weight is 234 g/mol. The van der Waals surface area contributed by atoms with Crippen molar-refractivity contribution >= 4 is 5.82 Å². The molecule has 4 heteroatoms. The maximum atomic E-state index is 5.78. The van der Waals surface area contributed by atoms with Gasteiger partial charge in [0.15, 0.2) is 0 Å². The number of nitrogens with zero attached hydrogens (tertiary/aromatic N) is 2. The lowest BCUT2D eigenvalue weighted by Gasteiger charge is -2.18. The van der Waals surface area contributed by atoms with E-state index in [4.69, 9.17) is 5.73 Å². The first-order valence-electron chi connectivity index (χ1n) is 6.45. The number of aryl methyl sites for hydroxylation is 2. The summed E-state index contributed by atoms with van der Waals surface area (Å²) in [5, 5.41) is 3.39. The van der Waals surface area contributed by atoms with Crippen LogP contribution in [0.3, 0.4) is 0 Å². The smallest absolute Gasteiger partial charge is 0.144 e. The molecule has 1 aliphatic carbocycles. The van der Waals surface area contributed by atoms with Crippen LogP contribution in [0, 0.1) is 25.7 Å². The predicted molar refractivity (Wildman–Crippen MR) is 69.9 cm³/mol. The van der Waals surface area contributed by atoms with Gasteiger partial charge in [-0.25, -0.2) is 4.98 Å². The lowest BCUT2D eigenvalue weighted by atomic mass is 9.96. The molecule has 94 valence electrons. The summed E-state index contributed by atoms with van der Waals surface area (Å²) in [5.74, 6) is 2.26. The second-order valence-electron chi connectivity index (χ2n) is 4.99. The summed E-state index contributed by atoms with van der Waals surface area (Å²) in [4.78, 5) is 8.79. The molecule has 2 atom stereocenters. The normalized spacial score (nSPS) is 23.9. The maximum Gasteiger partial charge on any atom is 0.144 e. The van der Waals surface area contributed by atoms with E-state index in [-0.39, 0.29) is 0 Å². The Hall–Kier alpha value is -1.16. The number of anilines is 1. The van der Waals surface area contributed by atoms with Crippen LogP contribution in [0.2, 0.25) is 0 Å². The van der Waals surface area contributed by atoms with Crippen molar-refractivity contribution < 1.29 is 0 Å². The highest BCUT2D eigenvalue weighted by Gasteiger charge is 2.25. The molecular weight excluding hydrogens is 212 g/mol. The van der Waals surface area contributed by atoms with Crippen molar-refractivity contribution in [2.24, 2.45) is 17.6 Å². The third-order valence-electron chi connectivity index (χ3n) is 3.86. The average Bonchev–Trinajstić information content (AvgIpc) is 2.78. The van der Waals surface area contributed by atoms with Crippen molar-refractivity contribution in [3.05, 3.63) is 17.6 Å². The summed E-state index contributed by atoms with van der Waals surface area (Å²) in [6.45, 7) is 5.75. The third-order valence-corrected chi connectivity index (χ3v) is 3.86. The first-order chi connectivity index (χ1) is 8.20. The molecule has 1 saturated carbocycles. The molecule has 1 fully saturated rings. The summed E-state index contributed by atoms with van der Waals surface area (Å²) in [5.41, 5.74) is 7.77. The van der Waals surface area contributed by atoms with Crippen molar-refractivity contribution in [1.29, 1.82) is 0 Å². The Morgan fingerprint density at radius 2 is 2.06 bits per heavy atom. The molecule has 1 heterocycles. The molecule has 17 heavy (non-hydrogen) atoms. The highest BCUT2D eigenvalue weighted by atomic mass is 15.0. The molecule has 3 N–H and O–H groups in total. The zero-order valence-electron chi connectivity index (χ0n) is 10.7. The Labute approximate surface area is 103 Å². The fourth-order valence-electron chi connectivity index (χ4n) is 2.56. The number of nitrogens with one attached hydrogen (secondary N) is 1. The van der Waals surface area contributed by atoms with Gasteiger partial charge in [0, 0.05) is 6.54 Å². The van der Waals surface area contributed by atoms with Gasteiger partial charge in [-0.15, -0.1) is 0 Å². The van der Waals surface area contributed by atoms with Crippen molar-refractivity contribution in [2.45, 2.75) is 33.1 Å². The van der Waals surface area contributed by atoms with Crippen molar-refractivity contribution in [1.82, 2.24) is 9.97 Å². The largest absolute Gasteiger partial charge is 0.368 e. The molecule has 1 aliphatic rings. The Morgan fingerprint density at radius 1 is 1.29 bits per heavy atom. The maximum absolute atomic E-state index is 5.78. The first kappa shape index (κ1) is 12.3. The Bertz CT molecular complexity index is 378. The summed E-state index contributed by atoms with van der Waals surface area (Å²) >= 11 is 0. The molecule has 1 aromatic heterocycles. The highest BCUT2D eigenvalue weighted by Crippen LogP contribution is 2.30. The van der Waals surface area contributed by atoms with Gasteiger partial charge < -0.3 is 11.1 Å². The minimum absolute atomic E-state index is 0.682. The van der Waals surface area contributed by atoms with Gasteiger partial charge in [-0.05, 0) is 45.1 Å². The van der Waals surface area contributed by atoms with Crippen molar-refractivity contribution in [2.75, 3.05) is 18.4 Å². The zero-order valence-corrected chi connectivity index (χ0v) is 10.7. The fraction of sp³-hybridized carbons (Fsp3) is 0.692. The monoisotopic (exact) mass is 234 g/mol. The minimum Gasteiger partial charge on any atom is -0.368 e. The summed E-state index contributed by atoms with van der Waals surface area (Å²) in [6.07, 6.45) is 5.69. The number of hydrogen-bond donors (Lipinski definition) is 2. The SMILES string of the molecule is Cc1ncc(NCC2CCCC2CN)nc1C. The standard InChI is InChI=1S/C13H22N4/c1-9-10(2)17-13(8-15-9)16-7-12-5-3-4-11(12)6-14/h8,11-12H,3-7,14H2,1-2H3,(H,16,17). The fourth-order valence-corrected chi connectivity index (χ4v) is 2.56. The highest BCUT2D eigenvalue weighted by molar-refractivity contribution is 5.33. The van der Waals surface area contributed by atoms with E-state index in [1.54, 1.807) is 0 Å². The summed E-state index contributed by atoms with van der Waals surface area (Å²) < 4.78 is 0. The van der Waals surface area contributed by atoms with Crippen LogP contribution in [0.4, 0.5) is 5.82 Å². The van der Waals surface area contributed by atoms with E-state index in [0.29, 0.717) is 11.8 Å². The van der Waals surface area contributed by atoms with E-state index in [9.17, 15) is 0 Å². The van der Waals surface area contributed by atoms with Crippen molar-refractivity contribution in [3.8, 4) is 0 Å². The second-order valence-corrected chi connectivity index (χ2v) is 4.99. The minimum atomic E-state index is 0.682. The molecule has 2 rings (SSSR count). The molecule has 2 unspecified atom stereocenters. The summed E-state index contributed by atoms with van der Waals surface area (Å²) in [6, 6.07) is 0. The van der Waals surface area contributed by atoms with Crippen LogP contribution in [0.25, 0.3) is 0 Å². The van der Waals surface area contributed by atoms with E-state index in [1.807, 2.05) is 20.0 Å². The molecular formula is C13H22N4. The molecule has 0 saturated heterocycles. The number of nitrogens with two attached hydrogens (primary N) is 1. The van der Waals surface area contributed by atoms with Gasteiger partial charge in [-0.3, -0.25) is 4.98 Å². The van der Waals surface area contributed by atoms with Gasteiger partial charge in [0.05, 0.1) is 17.6 Å². The van der Waals surface area contributed by atoms with Gasteiger partial charge in [0.2, 0.25) is 0 Å². The van der Waals surface area contributed by atoms with E-state index >= 15 is 0 Å². The Morgan fingerprint density at radius 3 is 2.76 bits per heavy atom. The van der Waals surface area contributed by atoms with Gasteiger partial charge in [0.1, 0.15) is 5.82 Å². The van der Waals surface area contributed by atoms with Crippen LogP contribution in [0.15, 0.2) is 6.20 Å².